The molecule has 1 unspecified atom stereocenters. The van der Waals surface area contributed by atoms with Crippen molar-refractivity contribution >= 4 is 0 Å². The molecule has 0 spiro atoms. The predicted octanol–water partition coefficient (Wildman–Crippen LogP) is 4.60. The number of nitrogens with zero attached hydrogens (tertiary/aromatic N) is 1. The molecular formula is C18H29N. The third-order valence-electron chi connectivity index (χ3n) is 3.91. The molecule has 0 aliphatic heterocycles. The lowest BCUT2D eigenvalue weighted by Gasteiger charge is -2.21. The second-order valence-corrected chi connectivity index (χ2v) is 5.71. The molecule has 0 bridgehead atoms. The molecule has 0 aromatic heterocycles. The number of benzene rings is 1. The fourth-order valence-electron chi connectivity index (χ4n) is 2.32. The SMILES string of the molecule is CC/C=C(/CCc1ccccc1C)CC(C)N(C)C. The molecule has 0 aliphatic rings. The van der Waals surface area contributed by atoms with Gasteiger partial charge in [0.1, 0.15) is 0 Å². The van der Waals surface area contributed by atoms with Gasteiger partial charge in [-0.05, 0) is 64.8 Å². The summed E-state index contributed by atoms with van der Waals surface area (Å²) in [5.74, 6) is 0. The number of rotatable bonds is 7. The number of aryl methyl sites for hydroxylation is 2. The van der Waals surface area contributed by atoms with E-state index in [9.17, 15) is 0 Å². The van der Waals surface area contributed by atoms with E-state index < -0.39 is 0 Å². The molecule has 0 saturated heterocycles. The lowest BCUT2D eigenvalue weighted by Crippen LogP contribution is -2.25. The number of hydrogen-bond donors (Lipinski definition) is 0. The van der Waals surface area contributed by atoms with E-state index in [1.165, 1.54) is 30.4 Å². The van der Waals surface area contributed by atoms with E-state index in [1.54, 1.807) is 5.57 Å². The molecule has 0 amide bonds. The Bertz CT molecular complexity index is 404. The van der Waals surface area contributed by atoms with E-state index in [0.29, 0.717) is 6.04 Å². The molecule has 0 aliphatic carbocycles. The maximum Gasteiger partial charge on any atom is 0.00980 e. The minimum Gasteiger partial charge on any atom is -0.306 e. The first-order valence-electron chi connectivity index (χ1n) is 7.43. The molecule has 19 heavy (non-hydrogen) atoms. The quantitative estimate of drug-likeness (QED) is 0.647. The van der Waals surface area contributed by atoms with E-state index in [2.05, 4.69) is 70.1 Å². The van der Waals surface area contributed by atoms with Gasteiger partial charge in [0, 0.05) is 6.04 Å². The Kier molecular flexibility index (Phi) is 6.86. The van der Waals surface area contributed by atoms with Crippen LogP contribution in [-0.4, -0.2) is 25.0 Å². The van der Waals surface area contributed by atoms with Crippen LogP contribution in [0.5, 0.6) is 0 Å². The summed E-state index contributed by atoms with van der Waals surface area (Å²) >= 11 is 0. The molecule has 0 radical (unpaired) electrons. The Labute approximate surface area is 119 Å². The van der Waals surface area contributed by atoms with Crippen LogP contribution in [0.4, 0.5) is 0 Å². The zero-order valence-corrected chi connectivity index (χ0v) is 13.2. The van der Waals surface area contributed by atoms with E-state index in [0.717, 1.165) is 6.42 Å². The van der Waals surface area contributed by atoms with Crippen molar-refractivity contribution in [3.05, 3.63) is 47.0 Å². The molecule has 1 nitrogen and oxygen atoms in total. The largest absolute Gasteiger partial charge is 0.306 e. The number of hydrogen-bond acceptors (Lipinski definition) is 1. The molecule has 0 fully saturated rings. The summed E-state index contributed by atoms with van der Waals surface area (Å²) in [7, 11) is 4.32. The Balaban J connectivity index is 2.60. The highest BCUT2D eigenvalue weighted by Crippen LogP contribution is 2.18. The van der Waals surface area contributed by atoms with E-state index in [1.807, 2.05) is 0 Å². The van der Waals surface area contributed by atoms with Gasteiger partial charge in [-0.1, -0.05) is 42.8 Å². The van der Waals surface area contributed by atoms with Crippen LogP contribution in [0.15, 0.2) is 35.9 Å². The van der Waals surface area contributed by atoms with Gasteiger partial charge in [0.05, 0.1) is 0 Å². The van der Waals surface area contributed by atoms with Gasteiger partial charge in [0.25, 0.3) is 0 Å². The Morgan fingerprint density at radius 2 is 1.95 bits per heavy atom. The fourth-order valence-corrected chi connectivity index (χ4v) is 2.32. The van der Waals surface area contributed by atoms with Crippen LogP contribution >= 0.6 is 0 Å². The number of allylic oxidation sites excluding steroid dienone is 1. The maximum atomic E-state index is 2.41. The minimum atomic E-state index is 0.620. The molecular weight excluding hydrogens is 230 g/mol. The minimum absolute atomic E-state index is 0.620. The summed E-state index contributed by atoms with van der Waals surface area (Å²) in [5.41, 5.74) is 4.51. The molecule has 1 atom stereocenters. The van der Waals surface area contributed by atoms with Crippen molar-refractivity contribution in [1.82, 2.24) is 4.90 Å². The standard InChI is InChI=1S/C18H29N/c1-6-9-17(14-16(3)19(4)5)12-13-18-11-8-7-10-15(18)2/h7-11,16H,6,12-14H2,1-5H3/b17-9-. The highest BCUT2D eigenvalue weighted by molar-refractivity contribution is 5.26. The van der Waals surface area contributed by atoms with Crippen molar-refractivity contribution in [3.8, 4) is 0 Å². The van der Waals surface area contributed by atoms with Crippen molar-refractivity contribution in [2.75, 3.05) is 14.1 Å². The van der Waals surface area contributed by atoms with Gasteiger partial charge in [0.15, 0.2) is 0 Å². The van der Waals surface area contributed by atoms with Gasteiger partial charge < -0.3 is 4.90 Å². The van der Waals surface area contributed by atoms with Gasteiger partial charge in [-0.3, -0.25) is 0 Å². The summed E-state index contributed by atoms with van der Waals surface area (Å²) < 4.78 is 0. The summed E-state index contributed by atoms with van der Waals surface area (Å²) in [6, 6.07) is 9.36. The Morgan fingerprint density at radius 1 is 1.26 bits per heavy atom. The lowest BCUT2D eigenvalue weighted by molar-refractivity contribution is 0.310. The molecule has 0 N–H and O–H groups in total. The van der Waals surface area contributed by atoms with Gasteiger partial charge in [-0.2, -0.15) is 0 Å². The summed E-state index contributed by atoms with van der Waals surface area (Å²) in [4.78, 5) is 2.30. The van der Waals surface area contributed by atoms with Crippen molar-refractivity contribution in [1.29, 1.82) is 0 Å². The van der Waals surface area contributed by atoms with Crippen molar-refractivity contribution < 1.29 is 0 Å². The zero-order chi connectivity index (χ0) is 14.3. The van der Waals surface area contributed by atoms with Crippen molar-refractivity contribution in [2.45, 2.75) is 52.5 Å². The third-order valence-corrected chi connectivity index (χ3v) is 3.91. The van der Waals surface area contributed by atoms with Gasteiger partial charge >= 0.3 is 0 Å². The summed E-state index contributed by atoms with van der Waals surface area (Å²) in [6.45, 7) is 6.74. The monoisotopic (exact) mass is 259 g/mol. The second kappa shape index (κ2) is 8.16. The molecule has 0 heterocycles. The highest BCUT2D eigenvalue weighted by atomic mass is 15.1. The first-order chi connectivity index (χ1) is 9.04. The molecule has 1 aromatic carbocycles. The lowest BCUT2D eigenvalue weighted by atomic mass is 9.96. The Hall–Kier alpha value is -1.08. The first kappa shape index (κ1) is 16.0. The topological polar surface area (TPSA) is 3.24 Å². The van der Waals surface area contributed by atoms with E-state index >= 15 is 0 Å². The van der Waals surface area contributed by atoms with Crippen LogP contribution in [0.2, 0.25) is 0 Å². The van der Waals surface area contributed by atoms with Gasteiger partial charge in [-0.25, -0.2) is 0 Å². The summed E-state index contributed by atoms with van der Waals surface area (Å²) in [6.07, 6.45) is 7.10. The molecule has 1 aromatic rings. The van der Waals surface area contributed by atoms with Crippen molar-refractivity contribution in [3.63, 3.8) is 0 Å². The summed E-state index contributed by atoms with van der Waals surface area (Å²) in [5, 5.41) is 0. The molecule has 106 valence electrons. The fraction of sp³-hybridized carbons (Fsp3) is 0.556. The molecule has 1 rings (SSSR count). The van der Waals surface area contributed by atoms with Gasteiger partial charge in [-0.15, -0.1) is 0 Å². The normalized spacial score (nSPS) is 13.9. The van der Waals surface area contributed by atoms with Crippen LogP contribution in [0.25, 0.3) is 0 Å². The maximum absolute atomic E-state index is 2.41. The van der Waals surface area contributed by atoms with Crippen LogP contribution in [-0.2, 0) is 6.42 Å². The van der Waals surface area contributed by atoms with Crippen LogP contribution < -0.4 is 0 Å². The van der Waals surface area contributed by atoms with Crippen molar-refractivity contribution in [2.24, 2.45) is 0 Å². The first-order valence-corrected chi connectivity index (χ1v) is 7.43. The van der Waals surface area contributed by atoms with E-state index in [4.69, 9.17) is 0 Å². The zero-order valence-electron chi connectivity index (χ0n) is 13.2. The smallest absolute Gasteiger partial charge is 0.00980 e. The second-order valence-electron chi connectivity index (χ2n) is 5.71. The Morgan fingerprint density at radius 3 is 2.53 bits per heavy atom. The average molecular weight is 259 g/mol. The third kappa shape index (κ3) is 5.61. The van der Waals surface area contributed by atoms with Crippen LogP contribution in [0.1, 0.15) is 44.2 Å². The van der Waals surface area contributed by atoms with E-state index in [-0.39, 0.29) is 0 Å². The average Bonchev–Trinajstić information content (AvgIpc) is 2.37. The predicted molar refractivity (Wildman–Crippen MR) is 85.6 cm³/mol. The molecule has 1 heteroatoms. The van der Waals surface area contributed by atoms with Gasteiger partial charge in [0.2, 0.25) is 0 Å². The van der Waals surface area contributed by atoms with Crippen LogP contribution in [0, 0.1) is 6.92 Å². The highest BCUT2D eigenvalue weighted by Gasteiger charge is 2.08. The van der Waals surface area contributed by atoms with Crippen LogP contribution in [0.3, 0.4) is 0 Å². The molecule has 0 saturated carbocycles.